The Morgan fingerprint density at radius 2 is 2.50 bits per heavy atom. The Morgan fingerprint density at radius 1 is 1.75 bits per heavy atom. The van der Waals surface area contributed by atoms with Gasteiger partial charge in [-0.05, 0) is 22.9 Å². The molecular weight excluding hydrogens is 294 g/mol. The van der Waals surface area contributed by atoms with Crippen LogP contribution in [0.2, 0.25) is 0 Å². The van der Waals surface area contributed by atoms with Gasteiger partial charge in [0.1, 0.15) is 10.6 Å². The Bertz CT molecular complexity index is 345. The van der Waals surface area contributed by atoms with E-state index in [9.17, 15) is 4.79 Å². The minimum atomic E-state index is -0.310. The first kappa shape index (κ1) is 13.4. The fourth-order valence-corrected chi connectivity index (χ4v) is 2.23. The van der Waals surface area contributed by atoms with E-state index in [4.69, 9.17) is 4.74 Å². The minimum Gasteiger partial charge on any atom is -0.383 e. The third kappa shape index (κ3) is 4.46. The Morgan fingerprint density at radius 3 is 3.06 bits per heavy atom. The van der Waals surface area contributed by atoms with E-state index >= 15 is 0 Å². The van der Waals surface area contributed by atoms with Crippen LogP contribution in [0.4, 0.5) is 5.13 Å². The summed E-state index contributed by atoms with van der Waals surface area (Å²) in [6.07, 6.45) is 0. The second kappa shape index (κ2) is 6.82. The molecule has 1 unspecified atom stereocenters. The number of hydrogen-bond donors (Lipinski definition) is 2. The lowest BCUT2D eigenvalue weighted by Gasteiger charge is -2.12. The average molecular weight is 308 g/mol. The summed E-state index contributed by atoms with van der Waals surface area (Å²) in [6, 6.07) is -0.310. The number of nitrogens with zero attached hydrogens (tertiary/aromatic N) is 1. The predicted octanol–water partition coefficient (Wildman–Crippen LogP) is 1.47. The van der Waals surface area contributed by atoms with Crippen LogP contribution in [-0.2, 0) is 9.53 Å². The number of anilines is 1. The lowest BCUT2D eigenvalue weighted by atomic mass is 10.3. The highest BCUT2D eigenvalue weighted by Gasteiger charge is 2.13. The fraction of sp³-hybridized carbons (Fsp3) is 0.556. The average Bonchev–Trinajstić information content (AvgIpc) is 2.64. The number of aromatic nitrogens is 1. The zero-order chi connectivity index (χ0) is 12.0. The lowest BCUT2D eigenvalue weighted by molar-refractivity contribution is -0.121. The Hall–Kier alpha value is -0.660. The molecule has 1 amide bonds. The molecule has 1 heterocycles. The molecule has 16 heavy (non-hydrogen) atoms. The summed E-state index contributed by atoms with van der Waals surface area (Å²) >= 11 is 4.70. The number of ether oxygens (including phenoxy) is 1. The molecule has 0 saturated carbocycles. The monoisotopic (exact) mass is 307 g/mol. The van der Waals surface area contributed by atoms with Crippen LogP contribution in [0.1, 0.15) is 6.92 Å². The third-order valence-electron chi connectivity index (χ3n) is 1.81. The molecule has 0 aliphatic heterocycles. The van der Waals surface area contributed by atoms with E-state index in [1.807, 2.05) is 5.38 Å². The Balaban J connectivity index is 2.34. The summed E-state index contributed by atoms with van der Waals surface area (Å²) in [6.45, 7) is 2.82. The first-order valence-electron chi connectivity index (χ1n) is 4.77. The summed E-state index contributed by atoms with van der Waals surface area (Å²) in [5.41, 5.74) is 0. The SMILES string of the molecule is COCCNC(=O)C(C)Nc1nc(Br)cs1. The van der Waals surface area contributed by atoms with Crippen molar-refractivity contribution in [2.75, 3.05) is 25.6 Å². The van der Waals surface area contributed by atoms with Crippen molar-refractivity contribution in [3.05, 3.63) is 9.98 Å². The molecule has 1 atom stereocenters. The second-order valence-electron chi connectivity index (χ2n) is 3.13. The molecule has 90 valence electrons. The van der Waals surface area contributed by atoms with Crippen LogP contribution in [-0.4, -0.2) is 37.2 Å². The molecule has 0 aromatic carbocycles. The van der Waals surface area contributed by atoms with Gasteiger partial charge in [-0.15, -0.1) is 11.3 Å². The fourth-order valence-electron chi connectivity index (χ4n) is 1.00. The molecule has 5 nitrogen and oxygen atoms in total. The van der Waals surface area contributed by atoms with Gasteiger partial charge in [0, 0.05) is 19.0 Å². The molecule has 7 heteroatoms. The second-order valence-corrected chi connectivity index (χ2v) is 4.80. The van der Waals surface area contributed by atoms with E-state index in [-0.39, 0.29) is 11.9 Å². The first-order chi connectivity index (χ1) is 7.63. The number of carbonyl (C=O) groups excluding carboxylic acids is 1. The summed E-state index contributed by atoms with van der Waals surface area (Å²) in [4.78, 5) is 15.7. The maximum absolute atomic E-state index is 11.6. The van der Waals surface area contributed by atoms with Crippen LogP contribution in [0, 0.1) is 0 Å². The van der Waals surface area contributed by atoms with Crippen molar-refractivity contribution in [2.24, 2.45) is 0 Å². The molecule has 0 spiro atoms. The third-order valence-corrected chi connectivity index (χ3v) is 3.30. The molecule has 0 radical (unpaired) electrons. The number of thiazole rings is 1. The number of methoxy groups -OCH3 is 1. The standard InChI is InChI=1S/C9H14BrN3O2S/c1-6(8(14)11-3-4-15-2)12-9-13-7(10)5-16-9/h5-6H,3-4H2,1-2H3,(H,11,14)(H,12,13). The van der Waals surface area contributed by atoms with Gasteiger partial charge in [-0.1, -0.05) is 0 Å². The maximum Gasteiger partial charge on any atom is 0.242 e. The van der Waals surface area contributed by atoms with Gasteiger partial charge >= 0.3 is 0 Å². The van der Waals surface area contributed by atoms with Gasteiger partial charge in [-0.25, -0.2) is 4.98 Å². The molecule has 1 aromatic heterocycles. The van der Waals surface area contributed by atoms with E-state index in [1.165, 1.54) is 11.3 Å². The van der Waals surface area contributed by atoms with Crippen LogP contribution in [0.15, 0.2) is 9.98 Å². The Kier molecular flexibility index (Phi) is 5.72. The van der Waals surface area contributed by atoms with Crippen LogP contribution >= 0.6 is 27.3 Å². The zero-order valence-electron chi connectivity index (χ0n) is 9.12. The highest BCUT2D eigenvalue weighted by Crippen LogP contribution is 2.19. The molecule has 2 N–H and O–H groups in total. The van der Waals surface area contributed by atoms with E-state index in [0.717, 1.165) is 9.73 Å². The highest BCUT2D eigenvalue weighted by atomic mass is 79.9. The van der Waals surface area contributed by atoms with Crippen molar-refractivity contribution >= 4 is 38.3 Å². The van der Waals surface area contributed by atoms with Gasteiger partial charge in [0.2, 0.25) is 5.91 Å². The number of amides is 1. The van der Waals surface area contributed by atoms with Crippen molar-refractivity contribution in [3.8, 4) is 0 Å². The first-order valence-corrected chi connectivity index (χ1v) is 6.45. The lowest BCUT2D eigenvalue weighted by Crippen LogP contribution is -2.39. The number of rotatable bonds is 6. The van der Waals surface area contributed by atoms with E-state index in [0.29, 0.717) is 13.2 Å². The number of hydrogen-bond acceptors (Lipinski definition) is 5. The molecule has 0 bridgehead atoms. The molecule has 0 aliphatic rings. The summed E-state index contributed by atoms with van der Waals surface area (Å²) in [5.74, 6) is -0.0663. The summed E-state index contributed by atoms with van der Waals surface area (Å²) < 4.78 is 5.61. The normalized spacial score (nSPS) is 12.2. The molecule has 1 aromatic rings. The van der Waals surface area contributed by atoms with Gasteiger partial charge in [0.25, 0.3) is 0 Å². The van der Waals surface area contributed by atoms with E-state index < -0.39 is 0 Å². The van der Waals surface area contributed by atoms with Crippen molar-refractivity contribution in [3.63, 3.8) is 0 Å². The highest BCUT2D eigenvalue weighted by molar-refractivity contribution is 9.10. The van der Waals surface area contributed by atoms with Gasteiger partial charge < -0.3 is 15.4 Å². The number of nitrogens with one attached hydrogen (secondary N) is 2. The smallest absolute Gasteiger partial charge is 0.242 e. The van der Waals surface area contributed by atoms with E-state index in [1.54, 1.807) is 14.0 Å². The van der Waals surface area contributed by atoms with Gasteiger partial charge in [-0.2, -0.15) is 0 Å². The number of carbonyl (C=O) groups is 1. The van der Waals surface area contributed by atoms with Crippen LogP contribution in [0.3, 0.4) is 0 Å². The van der Waals surface area contributed by atoms with Crippen molar-refractivity contribution in [1.29, 1.82) is 0 Å². The quantitative estimate of drug-likeness (QED) is 0.781. The largest absolute Gasteiger partial charge is 0.383 e. The van der Waals surface area contributed by atoms with Gasteiger partial charge in [0.15, 0.2) is 5.13 Å². The van der Waals surface area contributed by atoms with Gasteiger partial charge in [-0.3, -0.25) is 4.79 Å². The number of halogens is 1. The minimum absolute atomic E-state index is 0.0663. The van der Waals surface area contributed by atoms with Crippen LogP contribution < -0.4 is 10.6 Å². The van der Waals surface area contributed by atoms with E-state index in [2.05, 4.69) is 31.5 Å². The molecular formula is C9H14BrN3O2S. The van der Waals surface area contributed by atoms with Crippen LogP contribution in [0.25, 0.3) is 0 Å². The van der Waals surface area contributed by atoms with Crippen LogP contribution in [0.5, 0.6) is 0 Å². The van der Waals surface area contributed by atoms with Gasteiger partial charge in [0.05, 0.1) is 6.61 Å². The maximum atomic E-state index is 11.6. The predicted molar refractivity (Wildman–Crippen MR) is 67.8 cm³/mol. The molecule has 0 saturated heterocycles. The topological polar surface area (TPSA) is 63.2 Å². The summed E-state index contributed by atoms with van der Waals surface area (Å²) in [5, 5.41) is 8.35. The van der Waals surface area contributed by atoms with Crippen molar-refractivity contribution in [1.82, 2.24) is 10.3 Å². The summed E-state index contributed by atoms with van der Waals surface area (Å²) in [7, 11) is 1.60. The van der Waals surface area contributed by atoms with Crippen molar-refractivity contribution < 1.29 is 9.53 Å². The Labute approximate surface area is 107 Å². The molecule has 0 aliphatic carbocycles. The molecule has 1 rings (SSSR count). The molecule has 0 fully saturated rings. The van der Waals surface area contributed by atoms with Crippen molar-refractivity contribution in [2.45, 2.75) is 13.0 Å². The zero-order valence-corrected chi connectivity index (χ0v) is 11.5.